The van der Waals surface area contributed by atoms with Crippen molar-refractivity contribution in [3.05, 3.63) is 27.2 Å². The van der Waals surface area contributed by atoms with E-state index in [0.717, 1.165) is 17.8 Å². The number of terminal acetylenes is 1. The molecule has 1 N–H and O–H groups in total. The number of thioether (sulfide) groups is 1. The van der Waals surface area contributed by atoms with Crippen molar-refractivity contribution in [2.24, 2.45) is 0 Å². The molecule has 1 aromatic heterocycles. The Morgan fingerprint density at radius 2 is 2.33 bits per heavy atom. The van der Waals surface area contributed by atoms with E-state index in [1.54, 1.807) is 17.8 Å². The summed E-state index contributed by atoms with van der Waals surface area (Å²) in [7, 11) is 0. The maximum Gasteiger partial charge on any atom is 0.178 e. The molecular formula is C12H10BrFN2S2. The van der Waals surface area contributed by atoms with Crippen LogP contribution in [0.4, 0.5) is 4.39 Å². The Kier molecular flexibility index (Phi) is 4.49. The van der Waals surface area contributed by atoms with Crippen LogP contribution in [-0.2, 0) is 6.54 Å². The van der Waals surface area contributed by atoms with Crippen molar-refractivity contribution in [2.75, 3.05) is 11.5 Å². The first-order valence-electron chi connectivity index (χ1n) is 5.22. The molecule has 2 rings (SSSR count). The molecule has 0 unspecified atom stereocenters. The third-order valence-corrected chi connectivity index (χ3v) is 4.23. The van der Waals surface area contributed by atoms with E-state index in [1.807, 2.05) is 4.57 Å². The Hall–Kier alpha value is -0.770. The van der Waals surface area contributed by atoms with E-state index >= 15 is 0 Å². The van der Waals surface area contributed by atoms with Crippen molar-refractivity contribution < 1.29 is 4.39 Å². The van der Waals surface area contributed by atoms with E-state index in [2.05, 4.69) is 26.8 Å². The lowest BCUT2D eigenvalue weighted by Crippen LogP contribution is -2.00. The minimum Gasteiger partial charge on any atom is -0.330 e. The number of aromatic amines is 1. The first-order valence-corrected chi connectivity index (χ1v) is 7.58. The summed E-state index contributed by atoms with van der Waals surface area (Å²) >= 11 is 10.1. The molecule has 1 heterocycles. The topological polar surface area (TPSA) is 20.7 Å². The molecule has 0 aliphatic heterocycles. The van der Waals surface area contributed by atoms with E-state index in [9.17, 15) is 4.39 Å². The third-order valence-electron chi connectivity index (χ3n) is 2.46. The van der Waals surface area contributed by atoms with Crippen LogP contribution in [0.3, 0.4) is 0 Å². The van der Waals surface area contributed by atoms with Gasteiger partial charge in [-0.1, -0.05) is 5.92 Å². The second-order valence-electron chi connectivity index (χ2n) is 3.62. The lowest BCUT2D eigenvalue weighted by atomic mass is 10.3. The summed E-state index contributed by atoms with van der Waals surface area (Å²) in [4.78, 5) is 3.00. The average molecular weight is 345 g/mol. The predicted octanol–water partition coefficient (Wildman–Crippen LogP) is 3.97. The smallest absolute Gasteiger partial charge is 0.178 e. The van der Waals surface area contributed by atoms with Crippen LogP contribution in [0.5, 0.6) is 0 Å². The lowest BCUT2D eigenvalue weighted by Gasteiger charge is -2.04. The molecule has 0 fully saturated rings. The molecule has 2 aromatic rings. The highest BCUT2D eigenvalue weighted by atomic mass is 79.9. The number of benzene rings is 1. The molecule has 0 saturated carbocycles. The van der Waals surface area contributed by atoms with Gasteiger partial charge in [0.2, 0.25) is 0 Å². The molecule has 0 saturated heterocycles. The number of fused-ring (bicyclic) bond motifs is 1. The largest absolute Gasteiger partial charge is 0.330 e. The van der Waals surface area contributed by atoms with Crippen LogP contribution in [0.25, 0.3) is 11.0 Å². The highest BCUT2D eigenvalue weighted by molar-refractivity contribution is 9.10. The van der Waals surface area contributed by atoms with Gasteiger partial charge >= 0.3 is 0 Å². The Morgan fingerprint density at radius 1 is 1.56 bits per heavy atom. The van der Waals surface area contributed by atoms with Crippen LogP contribution in [0.2, 0.25) is 0 Å². The molecule has 94 valence electrons. The molecule has 2 nitrogen and oxygen atoms in total. The van der Waals surface area contributed by atoms with Gasteiger partial charge in [-0.05, 0) is 34.2 Å². The Morgan fingerprint density at radius 3 is 3.06 bits per heavy atom. The molecule has 0 amide bonds. The number of aryl methyl sites for hydroxylation is 1. The van der Waals surface area contributed by atoms with E-state index in [1.165, 1.54) is 6.07 Å². The van der Waals surface area contributed by atoms with E-state index in [-0.39, 0.29) is 5.82 Å². The average Bonchev–Trinajstić information content (AvgIpc) is 2.62. The van der Waals surface area contributed by atoms with Crippen molar-refractivity contribution in [2.45, 2.75) is 6.54 Å². The Bertz CT molecular complexity index is 669. The number of hydrogen-bond acceptors (Lipinski definition) is 2. The van der Waals surface area contributed by atoms with Crippen LogP contribution in [-0.4, -0.2) is 21.1 Å². The van der Waals surface area contributed by atoms with Crippen LogP contribution in [0.1, 0.15) is 0 Å². The minimum atomic E-state index is -0.299. The van der Waals surface area contributed by atoms with Crippen molar-refractivity contribution in [1.82, 2.24) is 9.55 Å². The summed E-state index contributed by atoms with van der Waals surface area (Å²) in [5.41, 5.74) is 1.61. The van der Waals surface area contributed by atoms with Crippen molar-refractivity contribution >= 4 is 50.9 Å². The summed E-state index contributed by atoms with van der Waals surface area (Å²) < 4.78 is 16.4. The third kappa shape index (κ3) is 2.79. The van der Waals surface area contributed by atoms with Gasteiger partial charge in [0.15, 0.2) is 4.77 Å². The molecule has 0 radical (unpaired) electrons. The normalized spacial score (nSPS) is 10.7. The lowest BCUT2D eigenvalue weighted by molar-refractivity contribution is 0.622. The van der Waals surface area contributed by atoms with Gasteiger partial charge in [0.1, 0.15) is 5.82 Å². The van der Waals surface area contributed by atoms with Crippen LogP contribution < -0.4 is 0 Å². The number of rotatable bonds is 4. The Labute approximate surface area is 122 Å². The second kappa shape index (κ2) is 5.91. The van der Waals surface area contributed by atoms with Gasteiger partial charge in [-0.2, -0.15) is 0 Å². The summed E-state index contributed by atoms with van der Waals surface area (Å²) in [6.07, 6.45) is 5.19. The van der Waals surface area contributed by atoms with Crippen LogP contribution >= 0.6 is 39.9 Å². The number of halogens is 2. The van der Waals surface area contributed by atoms with Gasteiger partial charge in [-0.3, -0.25) is 0 Å². The summed E-state index contributed by atoms with van der Waals surface area (Å²) in [5.74, 6) is 3.84. The van der Waals surface area contributed by atoms with E-state index in [4.69, 9.17) is 18.6 Å². The van der Waals surface area contributed by atoms with Crippen LogP contribution in [0.15, 0.2) is 16.6 Å². The van der Waals surface area contributed by atoms with Gasteiger partial charge in [-0.15, -0.1) is 18.2 Å². The minimum absolute atomic E-state index is 0.299. The zero-order valence-electron chi connectivity index (χ0n) is 9.37. The molecule has 0 aliphatic rings. The number of H-pyrrole nitrogens is 1. The fourth-order valence-corrected chi connectivity index (χ4v) is 2.87. The van der Waals surface area contributed by atoms with Gasteiger partial charge in [0.05, 0.1) is 21.3 Å². The zero-order chi connectivity index (χ0) is 13.1. The van der Waals surface area contributed by atoms with E-state index in [0.29, 0.717) is 20.5 Å². The van der Waals surface area contributed by atoms with Crippen LogP contribution in [0, 0.1) is 22.9 Å². The molecule has 0 bridgehead atoms. The standard InChI is InChI=1S/C12H10BrFN2S2/c1-2-4-18-5-3-16-11-6-8(13)9(14)7-10(11)15-12(16)17/h1,6-7H,3-5H2,(H,15,17). The molecule has 18 heavy (non-hydrogen) atoms. The number of aromatic nitrogens is 2. The van der Waals surface area contributed by atoms with Gasteiger partial charge in [-0.25, -0.2) is 4.39 Å². The number of imidazole rings is 1. The molecule has 0 aliphatic carbocycles. The number of hydrogen-bond donors (Lipinski definition) is 1. The maximum atomic E-state index is 13.4. The second-order valence-corrected chi connectivity index (χ2v) is 5.97. The first-order chi connectivity index (χ1) is 8.63. The van der Waals surface area contributed by atoms with Crippen molar-refractivity contribution in [3.63, 3.8) is 0 Å². The number of nitrogens with zero attached hydrogens (tertiary/aromatic N) is 1. The SMILES string of the molecule is C#CCSCCn1c(=S)[nH]c2cc(F)c(Br)cc21. The van der Waals surface area contributed by atoms with Crippen molar-refractivity contribution in [3.8, 4) is 12.3 Å². The molecule has 1 aromatic carbocycles. The zero-order valence-corrected chi connectivity index (χ0v) is 12.6. The predicted molar refractivity (Wildman–Crippen MR) is 80.9 cm³/mol. The Balaban J connectivity index is 2.32. The molecule has 6 heteroatoms. The fourth-order valence-electron chi connectivity index (χ4n) is 1.66. The number of nitrogens with one attached hydrogen (secondary N) is 1. The highest BCUT2D eigenvalue weighted by Gasteiger charge is 2.08. The fraction of sp³-hybridized carbons (Fsp3) is 0.250. The van der Waals surface area contributed by atoms with E-state index < -0.39 is 0 Å². The quantitative estimate of drug-likeness (QED) is 0.514. The van der Waals surface area contributed by atoms with Crippen molar-refractivity contribution in [1.29, 1.82) is 0 Å². The summed E-state index contributed by atoms with van der Waals surface area (Å²) in [6, 6.07) is 3.18. The highest BCUT2D eigenvalue weighted by Crippen LogP contribution is 2.23. The van der Waals surface area contributed by atoms with Gasteiger partial charge in [0.25, 0.3) is 0 Å². The van der Waals surface area contributed by atoms with Gasteiger partial charge in [0, 0.05) is 18.4 Å². The molecular weight excluding hydrogens is 335 g/mol. The monoisotopic (exact) mass is 344 g/mol. The summed E-state index contributed by atoms with van der Waals surface area (Å²) in [6.45, 7) is 0.753. The first kappa shape index (κ1) is 13.7. The molecule has 0 spiro atoms. The summed E-state index contributed by atoms with van der Waals surface area (Å²) in [5, 5.41) is 0. The maximum absolute atomic E-state index is 13.4. The molecule has 0 atom stereocenters. The van der Waals surface area contributed by atoms with Gasteiger partial charge < -0.3 is 9.55 Å².